The third kappa shape index (κ3) is 3.53. The van der Waals surface area contributed by atoms with Crippen molar-refractivity contribution in [3.63, 3.8) is 0 Å². The normalized spacial score (nSPS) is 23.1. The molecular weight excluding hydrogens is 336 g/mol. The quantitative estimate of drug-likeness (QED) is 0.839. The van der Waals surface area contributed by atoms with Crippen LogP contribution < -0.4 is 0 Å². The molecule has 1 spiro atoms. The number of carbonyl (C=O) groups excluding carboxylic acids is 1. The number of rotatable bonds is 3. The summed E-state index contributed by atoms with van der Waals surface area (Å²) in [4.78, 5) is 17.3. The first-order chi connectivity index (χ1) is 13.0. The van der Waals surface area contributed by atoms with Crippen molar-refractivity contribution in [1.82, 2.24) is 19.6 Å². The molecule has 0 bridgehead atoms. The summed E-state index contributed by atoms with van der Waals surface area (Å²) >= 11 is 0. The van der Waals surface area contributed by atoms with Gasteiger partial charge in [0.05, 0.1) is 12.1 Å². The van der Waals surface area contributed by atoms with Gasteiger partial charge in [-0.2, -0.15) is 5.10 Å². The lowest BCUT2D eigenvalue weighted by Crippen LogP contribution is -2.52. The van der Waals surface area contributed by atoms with E-state index in [1.54, 1.807) is 0 Å². The highest BCUT2D eigenvalue weighted by atomic mass is 16.2. The summed E-state index contributed by atoms with van der Waals surface area (Å²) in [6, 6.07) is 10.3. The fourth-order valence-corrected chi connectivity index (χ4v) is 4.87. The van der Waals surface area contributed by atoms with Crippen LogP contribution >= 0.6 is 0 Å². The number of hydrogen-bond donors (Lipinski definition) is 0. The molecule has 5 heteroatoms. The summed E-state index contributed by atoms with van der Waals surface area (Å²) in [6.07, 6.45) is 5.30. The molecular formula is C22H30N4O. The van der Waals surface area contributed by atoms with Crippen molar-refractivity contribution >= 4 is 5.91 Å². The van der Waals surface area contributed by atoms with Gasteiger partial charge in [0.15, 0.2) is 0 Å². The molecule has 3 heterocycles. The van der Waals surface area contributed by atoms with Crippen molar-refractivity contribution in [3.8, 4) is 0 Å². The van der Waals surface area contributed by atoms with E-state index in [1.807, 2.05) is 48.1 Å². The highest BCUT2D eigenvalue weighted by Gasteiger charge is 2.44. The zero-order valence-electron chi connectivity index (χ0n) is 16.7. The number of likely N-dealkylation sites (tertiary alicyclic amines) is 2. The maximum absolute atomic E-state index is 12.8. The van der Waals surface area contributed by atoms with Crippen molar-refractivity contribution in [2.45, 2.75) is 38.6 Å². The molecule has 4 rings (SSSR count). The van der Waals surface area contributed by atoms with E-state index in [0.29, 0.717) is 0 Å². The fourth-order valence-electron chi connectivity index (χ4n) is 4.87. The first kappa shape index (κ1) is 18.2. The average Bonchev–Trinajstić information content (AvgIpc) is 2.99. The summed E-state index contributed by atoms with van der Waals surface area (Å²) in [6.45, 7) is 6.21. The zero-order chi connectivity index (χ0) is 19.0. The molecule has 5 nitrogen and oxygen atoms in total. The second-order valence-corrected chi connectivity index (χ2v) is 8.52. The number of likely N-dealkylation sites (N-methyl/N-ethyl adjacent to an activating group) is 1. The van der Waals surface area contributed by atoms with Crippen LogP contribution in [0, 0.1) is 12.3 Å². The number of piperidine rings is 2. The minimum atomic E-state index is 0.0112. The number of aromatic nitrogens is 2. The third-order valence-corrected chi connectivity index (χ3v) is 6.73. The summed E-state index contributed by atoms with van der Waals surface area (Å²) in [7, 11) is 3.98. The maximum Gasteiger partial charge on any atom is 0.229 e. The molecule has 1 aromatic heterocycles. The molecule has 2 fully saturated rings. The Morgan fingerprint density at radius 3 is 2.48 bits per heavy atom. The molecule has 0 radical (unpaired) electrons. The number of aryl methyl sites for hydroxylation is 1. The highest BCUT2D eigenvalue weighted by molar-refractivity contribution is 5.84. The van der Waals surface area contributed by atoms with Crippen molar-refractivity contribution in [1.29, 1.82) is 0 Å². The molecule has 0 saturated carbocycles. The van der Waals surface area contributed by atoms with E-state index in [2.05, 4.69) is 29.1 Å². The second kappa shape index (κ2) is 7.12. The van der Waals surface area contributed by atoms with Crippen LogP contribution in [-0.4, -0.2) is 52.2 Å². The van der Waals surface area contributed by atoms with Crippen LogP contribution in [0.2, 0.25) is 0 Å². The smallest absolute Gasteiger partial charge is 0.229 e. The zero-order valence-corrected chi connectivity index (χ0v) is 16.7. The van der Waals surface area contributed by atoms with E-state index in [4.69, 9.17) is 0 Å². The van der Waals surface area contributed by atoms with Crippen LogP contribution in [-0.2, 0) is 18.4 Å². The lowest BCUT2D eigenvalue weighted by molar-refractivity contribution is -0.139. The van der Waals surface area contributed by atoms with Gasteiger partial charge in [0.1, 0.15) is 0 Å². The number of amides is 1. The number of benzene rings is 1. The van der Waals surface area contributed by atoms with Crippen LogP contribution in [0.3, 0.4) is 0 Å². The van der Waals surface area contributed by atoms with Crippen LogP contribution in [0.5, 0.6) is 0 Å². The molecule has 27 heavy (non-hydrogen) atoms. The van der Waals surface area contributed by atoms with Gasteiger partial charge < -0.3 is 4.90 Å². The van der Waals surface area contributed by atoms with Gasteiger partial charge in [-0.3, -0.25) is 14.4 Å². The van der Waals surface area contributed by atoms with Gasteiger partial charge in [-0.25, -0.2) is 0 Å². The molecule has 1 aromatic carbocycles. The van der Waals surface area contributed by atoms with Crippen LogP contribution in [0.1, 0.15) is 42.0 Å². The molecule has 0 N–H and O–H groups in total. The van der Waals surface area contributed by atoms with Crippen LogP contribution in [0.25, 0.3) is 0 Å². The average molecular weight is 367 g/mol. The van der Waals surface area contributed by atoms with E-state index in [1.165, 1.54) is 16.8 Å². The molecule has 144 valence electrons. The SMILES string of the molecule is Cc1c(CN2CCC3(CC2)C[C@H](c2ccccc2)C(=O)N(C)C3)cnn1C. The predicted octanol–water partition coefficient (Wildman–Crippen LogP) is 2.96. The molecule has 2 aliphatic heterocycles. The van der Waals surface area contributed by atoms with E-state index < -0.39 is 0 Å². The van der Waals surface area contributed by atoms with E-state index >= 15 is 0 Å². The molecule has 2 saturated heterocycles. The number of carbonyl (C=O) groups is 1. The van der Waals surface area contributed by atoms with Crippen molar-refractivity contribution in [2.24, 2.45) is 12.5 Å². The van der Waals surface area contributed by atoms with Gasteiger partial charge in [0.25, 0.3) is 0 Å². The number of nitrogens with zero attached hydrogens (tertiary/aromatic N) is 4. The lowest BCUT2D eigenvalue weighted by Gasteiger charge is -2.49. The molecule has 1 atom stereocenters. The molecule has 2 aliphatic rings. The largest absolute Gasteiger partial charge is 0.345 e. The Labute approximate surface area is 162 Å². The Morgan fingerprint density at radius 1 is 1.15 bits per heavy atom. The Balaban J connectivity index is 1.45. The molecule has 1 amide bonds. The molecule has 0 unspecified atom stereocenters. The van der Waals surface area contributed by atoms with Crippen molar-refractivity contribution in [3.05, 3.63) is 53.3 Å². The van der Waals surface area contributed by atoms with Crippen LogP contribution in [0.15, 0.2) is 36.5 Å². The van der Waals surface area contributed by atoms with Crippen molar-refractivity contribution < 1.29 is 4.79 Å². The number of hydrogen-bond acceptors (Lipinski definition) is 3. The Hall–Kier alpha value is -2.14. The van der Waals surface area contributed by atoms with Gasteiger partial charge in [0.2, 0.25) is 5.91 Å². The lowest BCUT2D eigenvalue weighted by atomic mass is 9.67. The van der Waals surface area contributed by atoms with Crippen LogP contribution in [0.4, 0.5) is 0 Å². The van der Waals surface area contributed by atoms with Gasteiger partial charge in [-0.05, 0) is 50.3 Å². The highest BCUT2D eigenvalue weighted by Crippen LogP contribution is 2.45. The molecule has 0 aliphatic carbocycles. The Morgan fingerprint density at radius 2 is 1.85 bits per heavy atom. The predicted molar refractivity (Wildman–Crippen MR) is 106 cm³/mol. The first-order valence-corrected chi connectivity index (χ1v) is 9.97. The minimum absolute atomic E-state index is 0.0112. The molecule has 2 aromatic rings. The van der Waals surface area contributed by atoms with Gasteiger partial charge in [-0.15, -0.1) is 0 Å². The van der Waals surface area contributed by atoms with Gasteiger partial charge >= 0.3 is 0 Å². The van der Waals surface area contributed by atoms with Gasteiger partial charge in [0, 0.05) is 38.4 Å². The fraction of sp³-hybridized carbons (Fsp3) is 0.545. The van der Waals surface area contributed by atoms with Crippen molar-refractivity contribution in [2.75, 3.05) is 26.7 Å². The first-order valence-electron chi connectivity index (χ1n) is 9.97. The summed E-state index contributed by atoms with van der Waals surface area (Å²) in [5.41, 5.74) is 4.00. The van der Waals surface area contributed by atoms with E-state index in [-0.39, 0.29) is 17.2 Å². The standard InChI is InChI=1S/C22H30N4O/c1-17-19(14-23-25(17)3)15-26-11-9-22(10-12-26)13-20(21(27)24(2)16-22)18-7-5-4-6-8-18/h4-8,14,20H,9-13,15-16H2,1-3H3/t20-/m1/s1. The summed E-state index contributed by atoms with van der Waals surface area (Å²) in [5, 5.41) is 4.37. The van der Waals surface area contributed by atoms with E-state index in [9.17, 15) is 4.79 Å². The van der Waals surface area contributed by atoms with Gasteiger partial charge in [-0.1, -0.05) is 30.3 Å². The third-order valence-electron chi connectivity index (χ3n) is 6.73. The monoisotopic (exact) mass is 366 g/mol. The summed E-state index contributed by atoms with van der Waals surface area (Å²) < 4.78 is 1.95. The minimum Gasteiger partial charge on any atom is -0.345 e. The Bertz CT molecular complexity index is 805. The Kier molecular flexibility index (Phi) is 4.81. The van der Waals surface area contributed by atoms with E-state index in [0.717, 1.165) is 45.4 Å². The maximum atomic E-state index is 12.8. The topological polar surface area (TPSA) is 41.4 Å². The summed E-state index contributed by atoms with van der Waals surface area (Å²) in [5.74, 6) is 0.289. The second-order valence-electron chi connectivity index (χ2n) is 8.52.